The monoisotopic (exact) mass is 203 g/mol. The van der Waals surface area contributed by atoms with E-state index in [0.29, 0.717) is 11.4 Å². The predicted molar refractivity (Wildman–Crippen MR) is 49.8 cm³/mol. The van der Waals surface area contributed by atoms with Crippen LogP contribution in [0.3, 0.4) is 0 Å². The number of hydrogen-bond donors (Lipinski definition) is 1. The molecule has 70 valence electrons. The summed E-state index contributed by atoms with van der Waals surface area (Å²) in [7, 11) is 0. The lowest BCUT2D eigenvalue weighted by Crippen LogP contribution is -1.96. The van der Waals surface area contributed by atoms with Gasteiger partial charge in [-0.05, 0) is 19.1 Å². The van der Waals surface area contributed by atoms with Crippen molar-refractivity contribution in [3.8, 4) is 0 Å². The van der Waals surface area contributed by atoms with Crippen molar-refractivity contribution < 1.29 is 8.78 Å². The summed E-state index contributed by atoms with van der Waals surface area (Å²) < 4.78 is 25.7. The van der Waals surface area contributed by atoms with Crippen molar-refractivity contribution in [3.63, 3.8) is 0 Å². The van der Waals surface area contributed by atoms with Crippen LogP contribution in [0.4, 0.5) is 14.5 Å². The molecular formula is C9H8ClF2N. The van der Waals surface area contributed by atoms with Crippen LogP contribution in [0.25, 0.3) is 0 Å². The zero-order valence-corrected chi connectivity index (χ0v) is 7.75. The number of halogens is 3. The summed E-state index contributed by atoms with van der Waals surface area (Å²) in [6, 6.07) is 2.22. The van der Waals surface area contributed by atoms with Crippen LogP contribution in [0.5, 0.6) is 0 Å². The van der Waals surface area contributed by atoms with Gasteiger partial charge in [0.15, 0.2) is 0 Å². The fraction of sp³-hybridized carbons (Fsp3) is 0.111. The third-order valence-corrected chi connectivity index (χ3v) is 1.70. The molecule has 13 heavy (non-hydrogen) atoms. The van der Waals surface area contributed by atoms with Gasteiger partial charge < -0.3 is 5.32 Å². The summed E-state index contributed by atoms with van der Waals surface area (Å²) in [4.78, 5) is 0. The molecule has 0 heterocycles. The first kappa shape index (κ1) is 9.99. The summed E-state index contributed by atoms with van der Waals surface area (Å²) in [5, 5.41) is 2.19. The lowest BCUT2D eigenvalue weighted by Gasteiger charge is -2.06. The largest absolute Gasteiger partial charge is 0.360 e. The molecule has 0 aliphatic rings. The van der Waals surface area contributed by atoms with Gasteiger partial charge in [-0.3, -0.25) is 0 Å². The Morgan fingerprint density at radius 3 is 2.23 bits per heavy atom. The van der Waals surface area contributed by atoms with Gasteiger partial charge in [0, 0.05) is 11.4 Å². The van der Waals surface area contributed by atoms with Gasteiger partial charge >= 0.3 is 0 Å². The van der Waals surface area contributed by atoms with E-state index in [4.69, 9.17) is 11.6 Å². The highest BCUT2D eigenvalue weighted by atomic mass is 35.5. The van der Waals surface area contributed by atoms with Gasteiger partial charge in [0.25, 0.3) is 0 Å². The number of allylic oxidation sites excluding steroid dienone is 1. The van der Waals surface area contributed by atoms with Gasteiger partial charge in [-0.2, -0.15) is 0 Å². The molecule has 0 aromatic heterocycles. The summed E-state index contributed by atoms with van der Waals surface area (Å²) in [6.45, 7) is 5.23. The van der Waals surface area contributed by atoms with E-state index in [1.807, 2.05) is 0 Å². The highest BCUT2D eigenvalue weighted by Gasteiger charge is 2.07. The Morgan fingerprint density at radius 1 is 1.38 bits per heavy atom. The van der Waals surface area contributed by atoms with Gasteiger partial charge in [-0.1, -0.05) is 18.2 Å². The molecule has 0 saturated carbocycles. The normalized spacial score (nSPS) is 9.85. The zero-order valence-electron chi connectivity index (χ0n) is 7.00. The van der Waals surface area contributed by atoms with Crippen LogP contribution in [-0.2, 0) is 0 Å². The smallest absolute Gasteiger partial charge is 0.146 e. The summed E-state index contributed by atoms with van der Waals surface area (Å²) >= 11 is 5.29. The Labute approximate surface area is 80.0 Å². The number of hydrogen-bond acceptors (Lipinski definition) is 1. The van der Waals surface area contributed by atoms with Crippen molar-refractivity contribution in [2.24, 2.45) is 0 Å². The molecule has 0 amide bonds. The van der Waals surface area contributed by atoms with Crippen molar-refractivity contribution in [2.45, 2.75) is 6.92 Å². The molecule has 0 fully saturated rings. The number of nitrogens with one attached hydrogen (secondary N) is 1. The zero-order chi connectivity index (χ0) is 10.0. The lowest BCUT2D eigenvalue weighted by molar-refractivity contribution is 0.585. The van der Waals surface area contributed by atoms with E-state index >= 15 is 0 Å². The average Bonchev–Trinajstić information content (AvgIpc) is 1.98. The Kier molecular flexibility index (Phi) is 2.88. The maximum absolute atomic E-state index is 12.8. The first-order valence-corrected chi connectivity index (χ1v) is 3.95. The summed E-state index contributed by atoms with van der Waals surface area (Å²) in [5.74, 6) is -1.57. The van der Waals surface area contributed by atoms with Gasteiger partial charge in [0.1, 0.15) is 16.7 Å². The Balaban J connectivity index is 3.06. The highest BCUT2D eigenvalue weighted by Crippen LogP contribution is 2.23. The Morgan fingerprint density at radius 2 is 1.85 bits per heavy atom. The van der Waals surface area contributed by atoms with Crippen molar-refractivity contribution in [1.82, 2.24) is 0 Å². The number of benzene rings is 1. The Hall–Kier alpha value is -1.09. The fourth-order valence-electron chi connectivity index (χ4n) is 0.874. The van der Waals surface area contributed by atoms with Crippen LogP contribution in [0.2, 0.25) is 5.02 Å². The summed E-state index contributed by atoms with van der Waals surface area (Å²) in [6.07, 6.45) is 0. The average molecular weight is 204 g/mol. The number of anilines is 1. The molecule has 0 saturated heterocycles. The minimum atomic E-state index is -0.787. The molecule has 0 bridgehead atoms. The molecule has 0 unspecified atom stereocenters. The molecule has 1 rings (SSSR count). The van der Waals surface area contributed by atoms with Crippen LogP contribution in [0.15, 0.2) is 24.4 Å². The van der Waals surface area contributed by atoms with Crippen LogP contribution >= 0.6 is 11.6 Å². The molecule has 0 radical (unpaired) electrons. The topological polar surface area (TPSA) is 12.0 Å². The fourth-order valence-corrected chi connectivity index (χ4v) is 0.983. The van der Waals surface area contributed by atoms with Crippen LogP contribution in [0, 0.1) is 11.6 Å². The van der Waals surface area contributed by atoms with E-state index in [1.54, 1.807) is 6.92 Å². The van der Waals surface area contributed by atoms with E-state index in [0.717, 1.165) is 12.1 Å². The van der Waals surface area contributed by atoms with Crippen LogP contribution in [0.1, 0.15) is 6.92 Å². The third kappa shape index (κ3) is 2.42. The molecule has 1 aromatic rings. The molecule has 0 aliphatic heterocycles. The first-order valence-electron chi connectivity index (χ1n) is 3.58. The second-order valence-corrected chi connectivity index (χ2v) is 3.04. The van der Waals surface area contributed by atoms with Crippen molar-refractivity contribution >= 4 is 17.3 Å². The van der Waals surface area contributed by atoms with E-state index in [1.165, 1.54) is 0 Å². The van der Waals surface area contributed by atoms with Gasteiger partial charge in [0.05, 0.1) is 0 Å². The first-order chi connectivity index (χ1) is 6.00. The maximum atomic E-state index is 12.8. The quantitative estimate of drug-likeness (QED) is 0.725. The van der Waals surface area contributed by atoms with E-state index < -0.39 is 16.7 Å². The van der Waals surface area contributed by atoms with E-state index in [-0.39, 0.29) is 0 Å². The van der Waals surface area contributed by atoms with Gasteiger partial charge in [-0.25, -0.2) is 8.78 Å². The Bertz CT molecular complexity index is 326. The number of rotatable bonds is 2. The lowest BCUT2D eigenvalue weighted by atomic mass is 10.3. The second kappa shape index (κ2) is 3.75. The van der Waals surface area contributed by atoms with Gasteiger partial charge in [0.2, 0.25) is 0 Å². The molecular weight excluding hydrogens is 196 g/mol. The molecule has 1 nitrogen and oxygen atoms in total. The molecule has 4 heteroatoms. The van der Waals surface area contributed by atoms with Crippen molar-refractivity contribution in [2.75, 3.05) is 5.32 Å². The van der Waals surface area contributed by atoms with Crippen molar-refractivity contribution in [1.29, 1.82) is 0 Å². The molecule has 1 aromatic carbocycles. The molecule has 0 aliphatic carbocycles. The second-order valence-electron chi connectivity index (χ2n) is 2.66. The van der Waals surface area contributed by atoms with Crippen LogP contribution in [-0.4, -0.2) is 0 Å². The molecule has 0 spiro atoms. The highest BCUT2D eigenvalue weighted by molar-refractivity contribution is 6.30. The molecule has 0 atom stereocenters. The predicted octanol–water partition coefficient (Wildman–Crippen LogP) is 3.56. The van der Waals surface area contributed by atoms with Gasteiger partial charge in [-0.15, -0.1) is 0 Å². The maximum Gasteiger partial charge on any atom is 0.146 e. The minimum Gasteiger partial charge on any atom is -0.360 e. The third-order valence-electron chi connectivity index (χ3n) is 1.34. The van der Waals surface area contributed by atoms with Crippen LogP contribution < -0.4 is 5.32 Å². The standard InChI is InChI=1S/C9H8ClF2N/c1-5(2)13-6-3-7(11)9(10)8(12)4-6/h3-4,13H,1H2,2H3. The summed E-state index contributed by atoms with van der Waals surface area (Å²) in [5.41, 5.74) is 0.896. The minimum absolute atomic E-state index is 0.298. The van der Waals surface area contributed by atoms with Crippen molar-refractivity contribution in [3.05, 3.63) is 41.1 Å². The molecule has 1 N–H and O–H groups in total. The van der Waals surface area contributed by atoms with E-state index in [9.17, 15) is 8.78 Å². The van der Waals surface area contributed by atoms with E-state index in [2.05, 4.69) is 11.9 Å². The SMILES string of the molecule is C=C(C)Nc1cc(F)c(Cl)c(F)c1.